The minimum absolute atomic E-state index is 0.466. The second-order valence-corrected chi connectivity index (χ2v) is 12.5. The molecule has 3 nitrogen and oxygen atoms in total. The Morgan fingerprint density at radius 1 is 0.417 bits per heavy atom. The molecule has 0 saturated heterocycles. The summed E-state index contributed by atoms with van der Waals surface area (Å²) in [6, 6.07) is 63.2. The molecule has 0 spiro atoms. The lowest BCUT2D eigenvalue weighted by atomic mass is 9.67. The van der Waals surface area contributed by atoms with Crippen LogP contribution in [0.25, 0.3) is 61.0 Å². The van der Waals surface area contributed by atoms with Crippen molar-refractivity contribution in [3.05, 3.63) is 198 Å². The van der Waals surface area contributed by atoms with Crippen molar-refractivity contribution in [2.75, 3.05) is 0 Å². The summed E-state index contributed by atoms with van der Waals surface area (Å²) in [5.74, 6) is 0.667. The van der Waals surface area contributed by atoms with Crippen LogP contribution in [0.3, 0.4) is 0 Å². The Kier molecular flexibility index (Phi) is 5.79. The van der Waals surface area contributed by atoms with Crippen molar-refractivity contribution < 1.29 is 0 Å². The van der Waals surface area contributed by atoms with Gasteiger partial charge in [0.05, 0.1) is 27.7 Å². The molecule has 0 radical (unpaired) electrons. The smallest absolute Gasteiger partial charge is 0.235 e. The predicted octanol–water partition coefficient (Wildman–Crippen LogP) is 10.8. The number of hydrogen-bond acceptors (Lipinski definition) is 2. The minimum atomic E-state index is -0.466. The summed E-state index contributed by atoms with van der Waals surface area (Å²) in [5, 5.41) is 3.40. The highest BCUT2D eigenvalue weighted by Gasteiger charge is 2.46. The van der Waals surface area contributed by atoms with Crippen molar-refractivity contribution in [2.45, 2.75) is 5.41 Å². The number of rotatable bonds is 4. The van der Waals surface area contributed by atoms with Crippen molar-refractivity contribution in [1.82, 2.24) is 14.5 Å². The van der Waals surface area contributed by atoms with Crippen molar-refractivity contribution in [3.8, 4) is 28.3 Å². The van der Waals surface area contributed by atoms with Gasteiger partial charge in [-0.05, 0) is 57.6 Å². The number of nitrogens with zero attached hydrogens (tertiary/aromatic N) is 3. The molecule has 10 rings (SSSR count). The summed E-state index contributed by atoms with van der Waals surface area (Å²) < 4.78 is 2.24. The van der Waals surface area contributed by atoms with Crippen LogP contribution in [-0.4, -0.2) is 14.5 Å². The standard InChI is InChI=1S/C45H29N3/c1-3-15-30(16-4-1)43-36-22-9-13-25-40(36)46-44(47-43)48-41-26-14-10-21-35(41)37-29-32(27-28-42(37)48)45(31-17-5-2-6-18-31)38-23-11-7-19-33(38)34-20-8-12-24-39(34)45/h1-29H. The Bertz CT molecular complexity index is 2630. The fraction of sp³-hybridized carbons (Fsp3) is 0.0222. The maximum atomic E-state index is 5.29. The molecule has 1 aliphatic rings. The molecule has 0 fully saturated rings. The molecule has 9 aromatic rings. The van der Waals surface area contributed by atoms with Crippen LogP contribution in [0.2, 0.25) is 0 Å². The Hall–Kier alpha value is -6.32. The van der Waals surface area contributed by atoms with Gasteiger partial charge < -0.3 is 0 Å². The molecular weight excluding hydrogens is 583 g/mol. The molecule has 0 amide bonds. The third-order valence-corrected chi connectivity index (χ3v) is 10.1. The second kappa shape index (κ2) is 10.3. The van der Waals surface area contributed by atoms with Gasteiger partial charge in [-0.15, -0.1) is 0 Å². The zero-order valence-corrected chi connectivity index (χ0v) is 26.1. The second-order valence-electron chi connectivity index (χ2n) is 12.5. The normalized spacial score (nSPS) is 13.2. The molecule has 2 heterocycles. The predicted molar refractivity (Wildman–Crippen MR) is 197 cm³/mol. The molecule has 48 heavy (non-hydrogen) atoms. The van der Waals surface area contributed by atoms with Crippen LogP contribution >= 0.6 is 0 Å². The van der Waals surface area contributed by atoms with E-state index in [0.29, 0.717) is 5.95 Å². The van der Waals surface area contributed by atoms with Crippen molar-refractivity contribution >= 4 is 32.7 Å². The van der Waals surface area contributed by atoms with E-state index in [9.17, 15) is 0 Å². The molecule has 3 heteroatoms. The summed E-state index contributed by atoms with van der Waals surface area (Å²) in [5.41, 5.74) is 12.3. The highest BCUT2D eigenvalue weighted by atomic mass is 15.2. The van der Waals surface area contributed by atoms with E-state index in [1.54, 1.807) is 0 Å². The van der Waals surface area contributed by atoms with E-state index in [0.717, 1.165) is 33.2 Å². The van der Waals surface area contributed by atoms with Crippen LogP contribution in [0.4, 0.5) is 0 Å². The topological polar surface area (TPSA) is 30.7 Å². The average molecular weight is 612 g/mol. The van der Waals surface area contributed by atoms with Gasteiger partial charge in [0.25, 0.3) is 0 Å². The Labute approximate surface area is 278 Å². The first kappa shape index (κ1) is 26.9. The third kappa shape index (κ3) is 3.70. The fourth-order valence-corrected chi connectivity index (χ4v) is 8.11. The quantitative estimate of drug-likeness (QED) is 0.198. The van der Waals surface area contributed by atoms with Gasteiger partial charge in [-0.2, -0.15) is 0 Å². The SMILES string of the molecule is c1ccc(-c2nc(-n3c4ccccc4c4cc(C5(c6ccccc6)c6ccccc6-c6ccccc65)ccc43)nc3ccccc23)cc1. The van der Waals surface area contributed by atoms with Gasteiger partial charge in [-0.25, -0.2) is 9.97 Å². The van der Waals surface area contributed by atoms with Crippen molar-refractivity contribution in [3.63, 3.8) is 0 Å². The highest BCUT2D eigenvalue weighted by molar-refractivity contribution is 6.10. The lowest BCUT2D eigenvalue weighted by molar-refractivity contribution is 0.770. The molecule has 0 unspecified atom stereocenters. The number of para-hydroxylation sites is 2. The van der Waals surface area contributed by atoms with E-state index in [2.05, 4.69) is 168 Å². The lowest BCUT2D eigenvalue weighted by Crippen LogP contribution is -2.28. The lowest BCUT2D eigenvalue weighted by Gasteiger charge is -2.34. The zero-order valence-electron chi connectivity index (χ0n) is 26.1. The number of hydrogen-bond donors (Lipinski definition) is 0. The minimum Gasteiger partial charge on any atom is -0.278 e. The fourth-order valence-electron chi connectivity index (χ4n) is 8.11. The number of aromatic nitrogens is 3. The zero-order chi connectivity index (χ0) is 31.7. The van der Waals surface area contributed by atoms with E-state index in [4.69, 9.17) is 9.97 Å². The van der Waals surface area contributed by atoms with Crippen molar-refractivity contribution in [1.29, 1.82) is 0 Å². The molecule has 1 aliphatic carbocycles. The summed E-state index contributed by atoms with van der Waals surface area (Å²) in [7, 11) is 0. The number of fused-ring (bicyclic) bond motifs is 7. The van der Waals surface area contributed by atoms with Crippen LogP contribution in [-0.2, 0) is 5.41 Å². The first-order chi connectivity index (χ1) is 23.8. The van der Waals surface area contributed by atoms with Gasteiger partial charge in [0.2, 0.25) is 5.95 Å². The molecule has 0 aliphatic heterocycles. The average Bonchev–Trinajstić information content (AvgIpc) is 3.66. The van der Waals surface area contributed by atoms with Crippen LogP contribution < -0.4 is 0 Å². The van der Waals surface area contributed by atoms with Crippen LogP contribution in [0.5, 0.6) is 0 Å². The molecule has 0 N–H and O–H groups in total. The molecule has 0 bridgehead atoms. The highest BCUT2D eigenvalue weighted by Crippen LogP contribution is 2.56. The first-order valence-electron chi connectivity index (χ1n) is 16.4. The van der Waals surface area contributed by atoms with E-state index < -0.39 is 5.41 Å². The summed E-state index contributed by atoms with van der Waals surface area (Å²) in [6.45, 7) is 0. The van der Waals surface area contributed by atoms with Gasteiger partial charge in [0, 0.05) is 21.7 Å². The van der Waals surface area contributed by atoms with Crippen LogP contribution in [0.1, 0.15) is 22.3 Å². The Morgan fingerprint density at radius 3 is 1.75 bits per heavy atom. The van der Waals surface area contributed by atoms with Crippen molar-refractivity contribution in [2.24, 2.45) is 0 Å². The maximum Gasteiger partial charge on any atom is 0.235 e. The molecule has 0 atom stereocenters. The molecular formula is C45H29N3. The van der Waals surface area contributed by atoms with Gasteiger partial charge in [0.1, 0.15) is 0 Å². The van der Waals surface area contributed by atoms with Crippen LogP contribution in [0.15, 0.2) is 176 Å². The van der Waals surface area contributed by atoms with Crippen LogP contribution in [0, 0.1) is 0 Å². The molecule has 224 valence electrons. The van der Waals surface area contributed by atoms with E-state index in [1.807, 2.05) is 12.1 Å². The Balaban J connectivity index is 1.29. The third-order valence-electron chi connectivity index (χ3n) is 10.1. The van der Waals surface area contributed by atoms with E-state index in [1.165, 1.54) is 44.2 Å². The van der Waals surface area contributed by atoms with Gasteiger partial charge in [0.15, 0.2) is 0 Å². The monoisotopic (exact) mass is 611 g/mol. The largest absolute Gasteiger partial charge is 0.278 e. The number of benzene rings is 7. The first-order valence-corrected chi connectivity index (χ1v) is 16.4. The summed E-state index contributed by atoms with van der Waals surface area (Å²) in [6.07, 6.45) is 0. The van der Waals surface area contributed by atoms with E-state index >= 15 is 0 Å². The van der Waals surface area contributed by atoms with E-state index in [-0.39, 0.29) is 0 Å². The summed E-state index contributed by atoms with van der Waals surface area (Å²) in [4.78, 5) is 10.5. The maximum absolute atomic E-state index is 5.29. The Morgan fingerprint density at radius 2 is 1.00 bits per heavy atom. The molecule has 0 saturated carbocycles. The van der Waals surface area contributed by atoms with Gasteiger partial charge >= 0.3 is 0 Å². The molecule has 2 aromatic heterocycles. The van der Waals surface area contributed by atoms with Gasteiger partial charge in [-0.1, -0.05) is 152 Å². The molecule has 7 aromatic carbocycles. The summed E-state index contributed by atoms with van der Waals surface area (Å²) >= 11 is 0. The van der Waals surface area contributed by atoms with Gasteiger partial charge in [-0.3, -0.25) is 4.57 Å².